The highest BCUT2D eigenvalue weighted by molar-refractivity contribution is 14.1. The third-order valence-corrected chi connectivity index (χ3v) is 2.00. The van der Waals surface area contributed by atoms with Crippen LogP contribution in [0.5, 0.6) is 0 Å². The van der Waals surface area contributed by atoms with Crippen LogP contribution in [0.2, 0.25) is 0 Å². The Morgan fingerprint density at radius 1 is 1.21 bits per heavy atom. The fourth-order valence-electron chi connectivity index (χ4n) is 0.849. The molecule has 14 heavy (non-hydrogen) atoms. The lowest BCUT2D eigenvalue weighted by Gasteiger charge is -2.10. The highest BCUT2D eigenvalue weighted by Crippen LogP contribution is 2.35. The predicted octanol–water partition coefficient (Wildman–Crippen LogP) is 3.64. The molecule has 0 N–H and O–H groups in total. The van der Waals surface area contributed by atoms with Gasteiger partial charge in [0.2, 0.25) is 0 Å². The minimum absolute atomic E-state index is 0.0272. The van der Waals surface area contributed by atoms with Crippen molar-refractivity contribution in [2.75, 3.05) is 0 Å². The van der Waals surface area contributed by atoms with Gasteiger partial charge in [0.1, 0.15) is 3.70 Å². The molecule has 0 bridgehead atoms. The number of pyridine rings is 1. The van der Waals surface area contributed by atoms with Crippen LogP contribution in [0.4, 0.5) is 22.0 Å². The zero-order chi connectivity index (χ0) is 10.9. The van der Waals surface area contributed by atoms with Gasteiger partial charge in [0, 0.05) is 5.56 Å². The van der Waals surface area contributed by atoms with Crippen LogP contribution in [-0.2, 0) is 6.18 Å². The van der Waals surface area contributed by atoms with Crippen molar-refractivity contribution in [1.29, 1.82) is 0 Å². The molecule has 7 heteroatoms. The molecule has 1 nitrogen and oxygen atoms in total. The first-order valence-electron chi connectivity index (χ1n) is 3.34. The highest BCUT2D eigenvalue weighted by Gasteiger charge is 2.37. The Balaban J connectivity index is 3.30. The first-order valence-corrected chi connectivity index (χ1v) is 4.42. The Labute approximate surface area is 89.5 Å². The molecule has 0 radical (unpaired) electrons. The first-order chi connectivity index (χ1) is 6.32. The molecule has 0 amide bonds. The van der Waals surface area contributed by atoms with Crippen molar-refractivity contribution in [2.24, 2.45) is 0 Å². The summed E-state index contributed by atoms with van der Waals surface area (Å²) in [6, 6.07) is 1.85. The van der Waals surface area contributed by atoms with E-state index in [0.29, 0.717) is 0 Å². The van der Waals surface area contributed by atoms with E-state index in [-0.39, 0.29) is 3.70 Å². The van der Waals surface area contributed by atoms with E-state index in [1.807, 2.05) is 0 Å². The van der Waals surface area contributed by atoms with Gasteiger partial charge in [-0.1, -0.05) is 0 Å². The molecule has 0 saturated carbocycles. The van der Waals surface area contributed by atoms with Crippen molar-refractivity contribution in [2.45, 2.75) is 12.6 Å². The maximum Gasteiger partial charge on any atom is 0.433 e. The minimum atomic E-state index is -4.84. The number of nitrogens with zero attached hydrogens (tertiary/aromatic N) is 1. The Hall–Kier alpha value is -0.470. The molecular formula is C7H3F5IN. The van der Waals surface area contributed by atoms with Gasteiger partial charge in [-0.2, -0.15) is 13.2 Å². The van der Waals surface area contributed by atoms with Gasteiger partial charge < -0.3 is 0 Å². The third-order valence-electron chi connectivity index (χ3n) is 1.40. The summed E-state index contributed by atoms with van der Waals surface area (Å²) in [5, 5.41) is 0. The average molecular weight is 323 g/mol. The fraction of sp³-hybridized carbons (Fsp3) is 0.286. The van der Waals surface area contributed by atoms with Gasteiger partial charge in [0.15, 0.2) is 5.69 Å². The van der Waals surface area contributed by atoms with Crippen molar-refractivity contribution in [3.63, 3.8) is 0 Å². The molecule has 1 aromatic rings. The molecule has 0 aliphatic carbocycles. The zero-order valence-electron chi connectivity index (χ0n) is 6.45. The van der Waals surface area contributed by atoms with E-state index >= 15 is 0 Å². The van der Waals surface area contributed by atoms with E-state index < -0.39 is 23.9 Å². The van der Waals surface area contributed by atoms with Crippen LogP contribution in [-0.4, -0.2) is 4.98 Å². The van der Waals surface area contributed by atoms with Crippen LogP contribution >= 0.6 is 22.6 Å². The topological polar surface area (TPSA) is 12.9 Å². The quantitative estimate of drug-likeness (QED) is 0.437. The van der Waals surface area contributed by atoms with Crippen LogP contribution in [0.1, 0.15) is 17.7 Å². The molecule has 0 unspecified atom stereocenters. The summed E-state index contributed by atoms with van der Waals surface area (Å²) >= 11 is 1.53. The lowest BCUT2D eigenvalue weighted by Crippen LogP contribution is -2.13. The molecule has 0 spiro atoms. The van der Waals surface area contributed by atoms with E-state index in [2.05, 4.69) is 4.98 Å². The van der Waals surface area contributed by atoms with Gasteiger partial charge in [-0.15, -0.1) is 0 Å². The second kappa shape index (κ2) is 3.95. The zero-order valence-corrected chi connectivity index (χ0v) is 8.60. The highest BCUT2D eigenvalue weighted by atomic mass is 127. The van der Waals surface area contributed by atoms with Crippen molar-refractivity contribution >= 4 is 22.6 Å². The average Bonchev–Trinajstić information content (AvgIpc) is 2.01. The summed E-state index contributed by atoms with van der Waals surface area (Å²) in [5.41, 5.74) is -2.60. The van der Waals surface area contributed by atoms with Gasteiger partial charge in [-0.3, -0.25) is 0 Å². The van der Waals surface area contributed by atoms with Crippen LogP contribution in [0, 0.1) is 3.70 Å². The predicted molar refractivity (Wildman–Crippen MR) is 46.9 cm³/mol. The second-order valence-electron chi connectivity index (χ2n) is 2.37. The summed E-state index contributed by atoms with van der Waals surface area (Å²) in [6.45, 7) is 0. The number of hydrogen-bond acceptors (Lipinski definition) is 1. The molecule has 1 aromatic heterocycles. The Kier molecular flexibility index (Phi) is 3.28. The second-order valence-corrected chi connectivity index (χ2v) is 3.48. The molecule has 1 rings (SSSR count). The molecular weight excluding hydrogens is 320 g/mol. The van der Waals surface area contributed by atoms with Crippen molar-refractivity contribution in [3.05, 3.63) is 27.1 Å². The summed E-state index contributed by atoms with van der Waals surface area (Å²) in [4.78, 5) is 3.05. The number of hydrogen-bond donors (Lipinski definition) is 0. The van der Waals surface area contributed by atoms with Crippen molar-refractivity contribution in [3.8, 4) is 0 Å². The minimum Gasteiger partial charge on any atom is -0.237 e. The van der Waals surface area contributed by atoms with Crippen LogP contribution in [0.3, 0.4) is 0 Å². The summed E-state index contributed by atoms with van der Waals surface area (Å²) < 4.78 is 60.9. The fourth-order valence-corrected chi connectivity index (χ4v) is 1.27. The molecule has 0 aliphatic heterocycles. The van der Waals surface area contributed by atoms with Crippen molar-refractivity contribution < 1.29 is 22.0 Å². The van der Waals surface area contributed by atoms with E-state index in [9.17, 15) is 22.0 Å². The lowest BCUT2D eigenvalue weighted by atomic mass is 10.2. The van der Waals surface area contributed by atoms with Gasteiger partial charge in [-0.25, -0.2) is 13.8 Å². The number of alkyl halides is 5. The van der Waals surface area contributed by atoms with Gasteiger partial charge in [-0.05, 0) is 34.7 Å². The lowest BCUT2D eigenvalue weighted by molar-refractivity contribution is -0.143. The molecule has 0 atom stereocenters. The van der Waals surface area contributed by atoms with Crippen LogP contribution < -0.4 is 0 Å². The maximum atomic E-state index is 12.2. The standard InChI is InChI=1S/C7H3F5IN/c8-6(9)3-1-2-4(13)14-5(3)7(10,11)12/h1-2,6H. The molecule has 78 valence electrons. The van der Waals surface area contributed by atoms with Gasteiger partial charge >= 0.3 is 6.18 Å². The summed E-state index contributed by atoms with van der Waals surface area (Å²) in [6.07, 6.45) is -8.01. The van der Waals surface area contributed by atoms with Crippen molar-refractivity contribution in [1.82, 2.24) is 4.98 Å². The smallest absolute Gasteiger partial charge is 0.237 e. The molecule has 1 heterocycles. The van der Waals surface area contributed by atoms with Gasteiger partial charge in [0.25, 0.3) is 6.43 Å². The largest absolute Gasteiger partial charge is 0.433 e. The number of rotatable bonds is 1. The first kappa shape index (κ1) is 11.6. The molecule has 0 saturated heterocycles. The van der Waals surface area contributed by atoms with Crippen LogP contribution in [0.15, 0.2) is 12.1 Å². The summed E-state index contributed by atoms with van der Waals surface area (Å²) in [5.74, 6) is 0. The Morgan fingerprint density at radius 3 is 2.21 bits per heavy atom. The molecule has 0 aromatic carbocycles. The van der Waals surface area contributed by atoms with E-state index in [4.69, 9.17) is 0 Å². The Morgan fingerprint density at radius 2 is 1.79 bits per heavy atom. The van der Waals surface area contributed by atoms with Crippen LogP contribution in [0.25, 0.3) is 0 Å². The van der Waals surface area contributed by atoms with E-state index in [1.54, 1.807) is 0 Å². The Bertz CT molecular complexity index is 335. The maximum absolute atomic E-state index is 12.2. The number of halogens is 6. The monoisotopic (exact) mass is 323 g/mol. The molecule has 0 aliphatic rings. The van der Waals surface area contributed by atoms with E-state index in [1.165, 1.54) is 22.6 Å². The third kappa shape index (κ3) is 2.52. The van der Waals surface area contributed by atoms with E-state index in [0.717, 1.165) is 12.1 Å². The molecule has 0 fully saturated rings. The van der Waals surface area contributed by atoms with Gasteiger partial charge in [0.05, 0.1) is 0 Å². The SMILES string of the molecule is FC(F)c1ccc(I)nc1C(F)(F)F. The summed E-state index contributed by atoms with van der Waals surface area (Å²) in [7, 11) is 0. The normalized spacial score (nSPS) is 12.2. The number of aromatic nitrogens is 1.